The van der Waals surface area contributed by atoms with Crippen molar-refractivity contribution in [3.8, 4) is 10.6 Å². The Hall–Kier alpha value is -1.88. The van der Waals surface area contributed by atoms with Gasteiger partial charge in [0.2, 0.25) is 0 Å². The van der Waals surface area contributed by atoms with Crippen molar-refractivity contribution in [1.82, 2.24) is 4.98 Å². The van der Waals surface area contributed by atoms with Gasteiger partial charge in [-0.2, -0.15) is 0 Å². The lowest BCUT2D eigenvalue weighted by atomic mass is 10.0. The first-order valence-corrected chi connectivity index (χ1v) is 7.52. The number of hydrogen-bond donors (Lipinski definition) is 1. The maximum Gasteiger partial charge on any atom is 0.344 e. The summed E-state index contributed by atoms with van der Waals surface area (Å²) < 4.78 is 4.97. The van der Waals surface area contributed by atoms with Crippen LogP contribution in [0.3, 0.4) is 0 Å². The smallest absolute Gasteiger partial charge is 0.344 e. The highest BCUT2D eigenvalue weighted by atomic mass is 32.1. The lowest BCUT2D eigenvalue weighted by Gasteiger charge is -2.09. The molecule has 1 N–H and O–H groups in total. The number of carbonyl (C=O) groups is 1. The first kappa shape index (κ1) is 14.5. The van der Waals surface area contributed by atoms with E-state index in [1.54, 1.807) is 18.3 Å². The fraction of sp³-hybridized carbons (Fsp3) is 0.333. The molecule has 0 bridgehead atoms. The summed E-state index contributed by atoms with van der Waals surface area (Å²) >= 11 is 1.55. The fourth-order valence-electron chi connectivity index (χ4n) is 2.07. The van der Waals surface area contributed by atoms with Crippen LogP contribution in [0.15, 0.2) is 28.4 Å². The molecule has 0 radical (unpaired) electrons. The standard InChI is InChI=1S/C15H17NO3S/c1-3-6-10-9-11(12-7-5-8-20-12)16-14(17)13(10)15(18)19-4-2/h5,7-9H,3-4,6H2,1-2H3,(H,16,17). The maximum absolute atomic E-state index is 12.2. The molecule has 20 heavy (non-hydrogen) atoms. The quantitative estimate of drug-likeness (QED) is 0.860. The minimum absolute atomic E-state index is 0.133. The SMILES string of the molecule is CCCc1cc(-c2cccs2)[nH]c(=O)c1C(=O)OCC. The Bertz CT molecular complexity index is 644. The molecule has 5 heteroatoms. The number of hydrogen-bond acceptors (Lipinski definition) is 4. The first-order chi connectivity index (χ1) is 9.67. The molecule has 0 aliphatic carbocycles. The highest BCUT2D eigenvalue weighted by Crippen LogP contribution is 2.24. The molecule has 106 valence electrons. The average Bonchev–Trinajstić information content (AvgIpc) is 2.92. The van der Waals surface area contributed by atoms with Gasteiger partial charge in [0.25, 0.3) is 5.56 Å². The van der Waals surface area contributed by atoms with E-state index in [0.717, 1.165) is 22.6 Å². The number of ether oxygens (including phenoxy) is 1. The van der Waals surface area contributed by atoms with E-state index in [0.29, 0.717) is 6.42 Å². The van der Waals surface area contributed by atoms with Crippen LogP contribution in [0.4, 0.5) is 0 Å². The number of H-pyrrole nitrogens is 1. The topological polar surface area (TPSA) is 59.2 Å². The van der Waals surface area contributed by atoms with Gasteiger partial charge in [0.1, 0.15) is 5.56 Å². The van der Waals surface area contributed by atoms with Crippen LogP contribution in [0.2, 0.25) is 0 Å². The Morgan fingerprint density at radius 3 is 2.80 bits per heavy atom. The average molecular weight is 291 g/mol. The first-order valence-electron chi connectivity index (χ1n) is 6.64. The van der Waals surface area contributed by atoms with Crippen molar-refractivity contribution in [3.63, 3.8) is 0 Å². The summed E-state index contributed by atoms with van der Waals surface area (Å²) in [7, 11) is 0. The monoisotopic (exact) mass is 291 g/mol. The molecule has 0 amide bonds. The largest absolute Gasteiger partial charge is 0.462 e. The number of thiophene rings is 1. The summed E-state index contributed by atoms with van der Waals surface area (Å²) in [6.07, 6.45) is 1.54. The molecule has 0 fully saturated rings. The van der Waals surface area contributed by atoms with Gasteiger partial charge in [0.05, 0.1) is 17.2 Å². The molecule has 2 aromatic rings. The van der Waals surface area contributed by atoms with Gasteiger partial charge < -0.3 is 9.72 Å². The number of esters is 1. The van der Waals surface area contributed by atoms with Crippen LogP contribution in [-0.4, -0.2) is 17.6 Å². The predicted molar refractivity (Wildman–Crippen MR) is 80.3 cm³/mol. The summed E-state index contributed by atoms with van der Waals surface area (Å²) in [5, 5.41) is 1.95. The molecule has 0 spiro atoms. The van der Waals surface area contributed by atoms with Gasteiger partial charge in [-0.15, -0.1) is 11.3 Å². The molecule has 0 atom stereocenters. The number of pyridine rings is 1. The Kier molecular flexibility index (Phi) is 4.74. The third-order valence-electron chi connectivity index (χ3n) is 2.90. The van der Waals surface area contributed by atoms with Crippen molar-refractivity contribution in [1.29, 1.82) is 0 Å². The van der Waals surface area contributed by atoms with E-state index in [9.17, 15) is 9.59 Å². The second kappa shape index (κ2) is 6.52. The van der Waals surface area contributed by atoms with Crippen molar-refractivity contribution >= 4 is 17.3 Å². The number of nitrogens with one attached hydrogen (secondary N) is 1. The normalized spacial score (nSPS) is 10.5. The molecule has 2 aromatic heterocycles. The fourth-order valence-corrected chi connectivity index (χ4v) is 2.77. The Labute approximate surface area is 121 Å². The van der Waals surface area contributed by atoms with E-state index in [-0.39, 0.29) is 17.7 Å². The highest BCUT2D eigenvalue weighted by molar-refractivity contribution is 7.13. The van der Waals surface area contributed by atoms with Crippen LogP contribution in [0.5, 0.6) is 0 Å². The molecule has 0 aliphatic rings. The second-order valence-electron chi connectivity index (χ2n) is 4.36. The number of aromatic nitrogens is 1. The summed E-state index contributed by atoms with van der Waals surface area (Å²) in [6, 6.07) is 5.75. The van der Waals surface area contributed by atoms with E-state index in [2.05, 4.69) is 4.98 Å². The highest BCUT2D eigenvalue weighted by Gasteiger charge is 2.18. The molecule has 0 saturated heterocycles. The lowest BCUT2D eigenvalue weighted by molar-refractivity contribution is 0.0523. The van der Waals surface area contributed by atoms with Crippen LogP contribution in [-0.2, 0) is 11.2 Å². The minimum atomic E-state index is -0.546. The van der Waals surface area contributed by atoms with E-state index in [4.69, 9.17) is 4.74 Å². The number of rotatable bonds is 5. The Balaban J connectivity index is 2.53. The summed E-state index contributed by atoms with van der Waals surface area (Å²) in [6.45, 7) is 4.00. The molecule has 0 aromatic carbocycles. The summed E-state index contributed by atoms with van der Waals surface area (Å²) in [5.74, 6) is -0.546. The van der Waals surface area contributed by atoms with Gasteiger partial charge in [0, 0.05) is 0 Å². The van der Waals surface area contributed by atoms with Gasteiger partial charge in [-0.1, -0.05) is 19.4 Å². The van der Waals surface area contributed by atoms with Crippen molar-refractivity contribution in [3.05, 3.63) is 45.1 Å². The van der Waals surface area contributed by atoms with Gasteiger partial charge in [-0.05, 0) is 36.4 Å². The maximum atomic E-state index is 12.2. The van der Waals surface area contributed by atoms with E-state index in [1.807, 2.05) is 30.5 Å². The van der Waals surface area contributed by atoms with Crippen molar-refractivity contribution in [2.45, 2.75) is 26.7 Å². The van der Waals surface area contributed by atoms with Crippen molar-refractivity contribution < 1.29 is 9.53 Å². The van der Waals surface area contributed by atoms with Crippen LogP contribution in [0, 0.1) is 0 Å². The molecule has 0 unspecified atom stereocenters. The van der Waals surface area contributed by atoms with Crippen LogP contribution >= 0.6 is 11.3 Å². The third kappa shape index (κ3) is 2.99. The molecular weight excluding hydrogens is 274 g/mol. The van der Waals surface area contributed by atoms with E-state index in [1.165, 1.54) is 0 Å². The van der Waals surface area contributed by atoms with Gasteiger partial charge in [-0.3, -0.25) is 4.79 Å². The van der Waals surface area contributed by atoms with Gasteiger partial charge in [-0.25, -0.2) is 4.79 Å². The zero-order valence-electron chi connectivity index (χ0n) is 11.6. The molecule has 0 saturated carbocycles. The molecule has 4 nitrogen and oxygen atoms in total. The third-order valence-corrected chi connectivity index (χ3v) is 3.80. The zero-order chi connectivity index (χ0) is 14.5. The zero-order valence-corrected chi connectivity index (χ0v) is 12.4. The summed E-state index contributed by atoms with van der Waals surface area (Å²) in [4.78, 5) is 27.9. The second-order valence-corrected chi connectivity index (χ2v) is 5.31. The minimum Gasteiger partial charge on any atom is -0.462 e. The molecule has 0 aliphatic heterocycles. The number of aromatic amines is 1. The van der Waals surface area contributed by atoms with Crippen LogP contribution < -0.4 is 5.56 Å². The van der Waals surface area contributed by atoms with Crippen LogP contribution in [0.1, 0.15) is 36.2 Å². The van der Waals surface area contributed by atoms with Crippen molar-refractivity contribution in [2.24, 2.45) is 0 Å². The van der Waals surface area contributed by atoms with E-state index >= 15 is 0 Å². The molecular formula is C15H17NO3S. The lowest BCUT2D eigenvalue weighted by Crippen LogP contribution is -2.23. The molecule has 2 heterocycles. The number of aryl methyl sites for hydroxylation is 1. The summed E-state index contributed by atoms with van der Waals surface area (Å²) in [5.41, 5.74) is 1.26. The Morgan fingerprint density at radius 1 is 1.40 bits per heavy atom. The van der Waals surface area contributed by atoms with Crippen molar-refractivity contribution in [2.75, 3.05) is 6.61 Å². The van der Waals surface area contributed by atoms with Crippen LogP contribution in [0.25, 0.3) is 10.6 Å². The van der Waals surface area contributed by atoms with Gasteiger partial charge >= 0.3 is 5.97 Å². The van der Waals surface area contributed by atoms with E-state index < -0.39 is 5.97 Å². The predicted octanol–water partition coefficient (Wildman–Crippen LogP) is 3.23. The number of carbonyl (C=O) groups excluding carboxylic acids is 1. The van der Waals surface area contributed by atoms with Gasteiger partial charge in [0.15, 0.2) is 0 Å². The molecule has 2 rings (SSSR count). The Morgan fingerprint density at radius 2 is 2.20 bits per heavy atom.